The lowest BCUT2D eigenvalue weighted by Crippen LogP contribution is -2.50. The molecule has 1 aromatic heterocycles. The predicted octanol–water partition coefficient (Wildman–Crippen LogP) is 0.462. The molecule has 0 radical (unpaired) electrons. The first-order valence-corrected chi connectivity index (χ1v) is 16.3. The van der Waals surface area contributed by atoms with Gasteiger partial charge in [-0.3, -0.25) is 19.4 Å². The summed E-state index contributed by atoms with van der Waals surface area (Å²) >= 11 is 0. The number of rotatable bonds is 13. The zero-order valence-corrected chi connectivity index (χ0v) is 25.2. The molecular weight excluding hydrogens is 596 g/mol. The molecule has 0 aliphatic carbocycles. The summed E-state index contributed by atoms with van der Waals surface area (Å²) in [7, 11) is -7.60. The third-order valence-corrected chi connectivity index (χ3v) is 8.32. The molecule has 1 heterocycles. The Morgan fingerprint density at radius 2 is 1.21 bits per heavy atom. The molecule has 0 aliphatic heterocycles. The van der Waals surface area contributed by atoms with Gasteiger partial charge in [0.1, 0.15) is 6.04 Å². The minimum absolute atomic E-state index is 0.0100. The molecule has 230 valence electrons. The molecule has 0 spiro atoms. The summed E-state index contributed by atoms with van der Waals surface area (Å²) in [5.74, 6) is -1.87. The van der Waals surface area contributed by atoms with Crippen molar-refractivity contribution in [2.45, 2.75) is 42.5 Å². The number of aromatic nitrogens is 1. The Morgan fingerprint density at radius 3 is 1.67 bits per heavy atom. The Bertz CT molecular complexity index is 1680. The molecule has 3 rings (SSSR count). The third kappa shape index (κ3) is 9.68. The molecule has 0 saturated carbocycles. The topological polar surface area (TPSA) is 221 Å². The molecule has 7 N–H and O–H groups in total. The van der Waals surface area contributed by atoms with E-state index in [4.69, 9.17) is 10.3 Å². The molecular formula is C28H34N6O7S2. The molecule has 0 aliphatic rings. The maximum atomic E-state index is 13.2. The maximum absolute atomic E-state index is 13.2. The van der Waals surface area contributed by atoms with Crippen LogP contribution in [0.4, 0.5) is 0 Å². The minimum atomic E-state index is -3.80. The van der Waals surface area contributed by atoms with Gasteiger partial charge in [0.05, 0.1) is 20.9 Å². The van der Waals surface area contributed by atoms with Crippen LogP contribution in [0.15, 0.2) is 76.8 Å². The van der Waals surface area contributed by atoms with Gasteiger partial charge in [-0.15, -0.1) is 0 Å². The van der Waals surface area contributed by atoms with Crippen LogP contribution < -0.4 is 26.2 Å². The molecule has 0 saturated heterocycles. The molecule has 1 atom stereocenters. The van der Waals surface area contributed by atoms with Crippen LogP contribution >= 0.6 is 0 Å². The summed E-state index contributed by atoms with van der Waals surface area (Å²) in [4.78, 5) is 43.0. The number of amides is 3. The van der Waals surface area contributed by atoms with Crippen LogP contribution in [-0.4, -0.2) is 58.7 Å². The largest absolute Gasteiger partial charge is 0.354 e. The van der Waals surface area contributed by atoms with Gasteiger partial charge >= 0.3 is 0 Å². The van der Waals surface area contributed by atoms with E-state index >= 15 is 0 Å². The van der Waals surface area contributed by atoms with Gasteiger partial charge in [0, 0.05) is 25.5 Å². The first-order chi connectivity index (χ1) is 20.2. The Labute approximate surface area is 250 Å². The van der Waals surface area contributed by atoms with Crippen molar-refractivity contribution < 1.29 is 31.2 Å². The van der Waals surface area contributed by atoms with Crippen molar-refractivity contribution in [1.29, 1.82) is 0 Å². The van der Waals surface area contributed by atoms with E-state index in [0.29, 0.717) is 12.8 Å². The van der Waals surface area contributed by atoms with E-state index in [2.05, 4.69) is 20.9 Å². The van der Waals surface area contributed by atoms with E-state index in [1.54, 1.807) is 38.1 Å². The summed E-state index contributed by atoms with van der Waals surface area (Å²) in [6, 6.07) is 12.4. The molecule has 2 aromatic carbocycles. The van der Waals surface area contributed by atoms with Crippen LogP contribution in [-0.2, 0) is 37.7 Å². The summed E-state index contributed by atoms with van der Waals surface area (Å²) < 4.78 is 45.6. The fourth-order valence-corrected chi connectivity index (χ4v) is 5.11. The zero-order chi connectivity index (χ0) is 31.8. The third-order valence-electron chi connectivity index (χ3n) is 6.46. The van der Waals surface area contributed by atoms with Crippen molar-refractivity contribution in [3.63, 3.8) is 0 Å². The van der Waals surface area contributed by atoms with Crippen molar-refractivity contribution in [3.05, 3.63) is 89.2 Å². The fraction of sp³-hybridized carbons (Fsp3) is 0.286. The van der Waals surface area contributed by atoms with E-state index < -0.39 is 43.8 Å². The van der Waals surface area contributed by atoms with E-state index in [-0.39, 0.29) is 39.9 Å². The Balaban J connectivity index is 1.58. The second kappa shape index (κ2) is 14.3. The number of primary sulfonamides is 2. The minimum Gasteiger partial charge on any atom is -0.354 e. The molecule has 15 heteroatoms. The van der Waals surface area contributed by atoms with Gasteiger partial charge in [-0.2, -0.15) is 0 Å². The smallest absolute Gasteiger partial charge is 0.253 e. The highest BCUT2D eigenvalue weighted by atomic mass is 32.2. The van der Waals surface area contributed by atoms with Gasteiger partial charge in [-0.1, -0.05) is 38.1 Å². The fourth-order valence-electron chi connectivity index (χ4n) is 4.07. The van der Waals surface area contributed by atoms with E-state index in [1.165, 1.54) is 42.7 Å². The number of nitrogens with zero attached hydrogens (tertiary/aromatic N) is 1. The summed E-state index contributed by atoms with van der Waals surface area (Å²) in [5.41, 5.74) is 1.61. The molecule has 0 fully saturated rings. The van der Waals surface area contributed by atoms with Crippen LogP contribution in [0.2, 0.25) is 0 Å². The first kappa shape index (κ1) is 33.3. The van der Waals surface area contributed by atoms with Gasteiger partial charge in [0.25, 0.3) is 11.8 Å². The van der Waals surface area contributed by atoms with Crippen LogP contribution in [0.25, 0.3) is 0 Å². The highest BCUT2D eigenvalue weighted by Gasteiger charge is 2.26. The second-order valence-electron chi connectivity index (χ2n) is 10.0. The van der Waals surface area contributed by atoms with Crippen molar-refractivity contribution in [1.82, 2.24) is 20.9 Å². The predicted molar refractivity (Wildman–Crippen MR) is 159 cm³/mol. The normalized spacial score (nSPS) is 12.4. The average molecular weight is 631 g/mol. The van der Waals surface area contributed by atoms with Gasteiger partial charge in [0.2, 0.25) is 26.0 Å². The number of nitrogens with one attached hydrogen (secondary N) is 3. The highest BCUT2D eigenvalue weighted by Crippen LogP contribution is 2.12. The lowest BCUT2D eigenvalue weighted by molar-refractivity contribution is -0.123. The SMILES string of the molecule is CC(C)[C@@H](NC(=O)c1ccncc1C(=O)NCCc1ccc(S(N)(=O)=O)cc1)C(=O)NCCc1ccc(S(N)(=O)=O)cc1. The van der Waals surface area contributed by atoms with Gasteiger partial charge in [-0.05, 0) is 60.2 Å². The van der Waals surface area contributed by atoms with Crippen LogP contribution in [0.1, 0.15) is 45.7 Å². The van der Waals surface area contributed by atoms with E-state index in [9.17, 15) is 31.2 Å². The van der Waals surface area contributed by atoms with E-state index in [0.717, 1.165) is 11.1 Å². The van der Waals surface area contributed by atoms with Crippen molar-refractivity contribution >= 4 is 37.8 Å². The highest BCUT2D eigenvalue weighted by molar-refractivity contribution is 7.89. The summed E-state index contributed by atoms with van der Waals surface area (Å²) in [6.07, 6.45) is 3.44. The van der Waals surface area contributed by atoms with Crippen molar-refractivity contribution in [2.75, 3.05) is 13.1 Å². The molecule has 0 bridgehead atoms. The van der Waals surface area contributed by atoms with Crippen LogP contribution in [0, 0.1) is 5.92 Å². The number of sulfonamides is 2. The molecule has 3 aromatic rings. The van der Waals surface area contributed by atoms with Crippen LogP contribution in [0.5, 0.6) is 0 Å². The summed E-state index contributed by atoms with van der Waals surface area (Å²) in [5, 5.41) is 18.4. The van der Waals surface area contributed by atoms with Crippen molar-refractivity contribution in [2.24, 2.45) is 16.2 Å². The second-order valence-corrected chi connectivity index (χ2v) is 13.2. The molecule has 3 amide bonds. The Kier molecular flexibility index (Phi) is 11.1. The van der Waals surface area contributed by atoms with Gasteiger partial charge in [0.15, 0.2) is 0 Å². The van der Waals surface area contributed by atoms with Gasteiger partial charge < -0.3 is 16.0 Å². The molecule has 13 nitrogen and oxygen atoms in total. The lowest BCUT2D eigenvalue weighted by Gasteiger charge is -2.22. The number of carbonyl (C=O) groups is 3. The zero-order valence-electron chi connectivity index (χ0n) is 23.6. The molecule has 0 unspecified atom stereocenters. The Hall–Kier alpha value is -4.18. The number of hydrogen-bond acceptors (Lipinski definition) is 8. The number of hydrogen-bond donors (Lipinski definition) is 5. The van der Waals surface area contributed by atoms with E-state index in [1.807, 2.05) is 0 Å². The molecule has 43 heavy (non-hydrogen) atoms. The Morgan fingerprint density at radius 1 is 0.721 bits per heavy atom. The standard InChI is InChI=1S/C28H34N6O7S2/c1-18(2)25(28(37)33-16-12-20-5-9-22(10-6-20)43(30,40)41)34-27(36)23-13-14-31-17-24(23)26(35)32-15-11-19-3-7-21(8-4-19)42(29,38)39/h3-10,13-14,17-18,25H,11-12,15-16H2,1-2H3,(H,32,35)(H,33,37)(H,34,36)(H2,29,38,39)(H2,30,40,41)/t25-/m1/s1. The maximum Gasteiger partial charge on any atom is 0.253 e. The number of benzene rings is 2. The quantitative estimate of drug-likeness (QED) is 0.178. The average Bonchev–Trinajstić information content (AvgIpc) is 2.95. The lowest BCUT2D eigenvalue weighted by atomic mass is 10.0. The van der Waals surface area contributed by atoms with Crippen LogP contribution in [0.3, 0.4) is 0 Å². The number of nitrogens with two attached hydrogens (primary N) is 2. The summed E-state index contributed by atoms with van der Waals surface area (Å²) in [6.45, 7) is 3.98. The first-order valence-electron chi connectivity index (χ1n) is 13.2. The monoisotopic (exact) mass is 630 g/mol. The van der Waals surface area contributed by atoms with Gasteiger partial charge in [-0.25, -0.2) is 27.1 Å². The number of pyridine rings is 1. The number of carbonyl (C=O) groups excluding carboxylic acids is 3. The van der Waals surface area contributed by atoms with Crippen molar-refractivity contribution in [3.8, 4) is 0 Å².